The molecule has 122 valence electrons. The molecular formula is C15H28N2O4. The van der Waals surface area contributed by atoms with Gasteiger partial charge in [-0.05, 0) is 19.3 Å². The summed E-state index contributed by atoms with van der Waals surface area (Å²) in [6.45, 7) is 11.7. The Morgan fingerprint density at radius 2 is 1.52 bits per heavy atom. The molecule has 1 aliphatic rings. The zero-order valence-corrected chi connectivity index (χ0v) is 13.7. The van der Waals surface area contributed by atoms with Gasteiger partial charge in [-0.1, -0.05) is 20.8 Å². The molecule has 1 saturated heterocycles. The molecule has 0 spiro atoms. The van der Waals surface area contributed by atoms with Gasteiger partial charge >= 0.3 is 5.97 Å². The fourth-order valence-electron chi connectivity index (χ4n) is 2.70. The largest absolute Gasteiger partial charge is 0.481 e. The number of carboxylic acids is 1. The molecule has 21 heavy (non-hydrogen) atoms. The first-order chi connectivity index (χ1) is 9.42. The maximum Gasteiger partial charge on any atom is 0.316 e. The second-order valence-corrected chi connectivity index (χ2v) is 7.55. The summed E-state index contributed by atoms with van der Waals surface area (Å²) in [6, 6.07) is 0. The summed E-state index contributed by atoms with van der Waals surface area (Å²) in [7, 11) is 0. The van der Waals surface area contributed by atoms with E-state index < -0.39 is 22.9 Å². The summed E-state index contributed by atoms with van der Waals surface area (Å²) in [6.07, 6.45) is 0. The Kier molecular flexibility index (Phi) is 5.39. The molecule has 1 unspecified atom stereocenters. The van der Waals surface area contributed by atoms with Crippen LogP contribution in [0, 0.1) is 11.3 Å². The van der Waals surface area contributed by atoms with E-state index in [0.29, 0.717) is 32.7 Å². The van der Waals surface area contributed by atoms with Crippen LogP contribution in [0.25, 0.3) is 0 Å². The van der Waals surface area contributed by atoms with E-state index in [-0.39, 0.29) is 5.91 Å². The minimum absolute atomic E-state index is 0.307. The third-order valence-corrected chi connectivity index (χ3v) is 3.65. The number of carbonyl (C=O) groups excluding carboxylic acids is 1. The van der Waals surface area contributed by atoms with Crippen molar-refractivity contribution in [2.75, 3.05) is 32.7 Å². The first-order valence-corrected chi connectivity index (χ1v) is 7.38. The van der Waals surface area contributed by atoms with Crippen LogP contribution in [-0.4, -0.2) is 70.2 Å². The van der Waals surface area contributed by atoms with Crippen molar-refractivity contribution in [1.82, 2.24) is 9.80 Å². The van der Waals surface area contributed by atoms with Crippen LogP contribution in [0.4, 0.5) is 0 Å². The quantitative estimate of drug-likeness (QED) is 0.745. The molecule has 1 amide bonds. The van der Waals surface area contributed by atoms with Crippen LogP contribution in [0.2, 0.25) is 0 Å². The van der Waals surface area contributed by atoms with Crippen LogP contribution in [-0.2, 0) is 9.59 Å². The number of amides is 1. The van der Waals surface area contributed by atoms with Gasteiger partial charge in [-0.25, -0.2) is 0 Å². The highest BCUT2D eigenvalue weighted by atomic mass is 16.4. The van der Waals surface area contributed by atoms with E-state index in [0.717, 1.165) is 0 Å². The minimum atomic E-state index is -1.06. The van der Waals surface area contributed by atoms with Crippen molar-refractivity contribution in [3.63, 3.8) is 0 Å². The van der Waals surface area contributed by atoms with Crippen molar-refractivity contribution in [2.24, 2.45) is 11.3 Å². The van der Waals surface area contributed by atoms with Crippen molar-refractivity contribution in [2.45, 2.75) is 40.2 Å². The summed E-state index contributed by atoms with van der Waals surface area (Å²) in [5, 5.41) is 19.1. The molecule has 0 saturated carbocycles. The van der Waals surface area contributed by atoms with Crippen LogP contribution in [0.5, 0.6) is 0 Å². The number of nitrogens with zero attached hydrogens (tertiary/aromatic N) is 2. The lowest BCUT2D eigenvalue weighted by Crippen LogP contribution is -2.55. The van der Waals surface area contributed by atoms with Gasteiger partial charge in [0, 0.05) is 32.7 Å². The SMILES string of the molecule is CC(C)(O)CN1CCN(C(=O)C(C(=O)O)C(C)(C)C)CC1. The van der Waals surface area contributed by atoms with Gasteiger partial charge in [0.1, 0.15) is 5.92 Å². The fourth-order valence-corrected chi connectivity index (χ4v) is 2.70. The number of piperazine rings is 1. The fraction of sp³-hybridized carbons (Fsp3) is 0.867. The lowest BCUT2D eigenvalue weighted by Gasteiger charge is -2.39. The Bertz CT molecular complexity index is 387. The van der Waals surface area contributed by atoms with Crippen LogP contribution < -0.4 is 0 Å². The Balaban J connectivity index is 2.65. The molecule has 1 aliphatic heterocycles. The number of carboxylic acid groups (broad SMARTS) is 1. The molecule has 6 nitrogen and oxygen atoms in total. The normalized spacial score (nSPS) is 19.4. The minimum Gasteiger partial charge on any atom is -0.481 e. The second kappa shape index (κ2) is 6.32. The van der Waals surface area contributed by atoms with Crippen molar-refractivity contribution >= 4 is 11.9 Å². The predicted molar refractivity (Wildman–Crippen MR) is 79.9 cm³/mol. The van der Waals surface area contributed by atoms with Gasteiger partial charge in [-0.2, -0.15) is 0 Å². The van der Waals surface area contributed by atoms with Gasteiger partial charge in [0.15, 0.2) is 0 Å². The highest BCUT2D eigenvalue weighted by molar-refractivity contribution is 5.97. The molecule has 6 heteroatoms. The van der Waals surface area contributed by atoms with Gasteiger partial charge in [-0.3, -0.25) is 14.5 Å². The molecule has 1 rings (SSSR count). The number of hydrogen-bond donors (Lipinski definition) is 2. The summed E-state index contributed by atoms with van der Waals surface area (Å²) >= 11 is 0. The highest BCUT2D eigenvalue weighted by Crippen LogP contribution is 2.28. The number of hydrogen-bond acceptors (Lipinski definition) is 4. The Morgan fingerprint density at radius 3 is 1.86 bits per heavy atom. The van der Waals surface area contributed by atoms with Gasteiger partial charge in [0.25, 0.3) is 0 Å². The Morgan fingerprint density at radius 1 is 1.05 bits per heavy atom. The van der Waals surface area contributed by atoms with E-state index in [1.165, 1.54) is 0 Å². The van der Waals surface area contributed by atoms with Gasteiger partial charge in [0.2, 0.25) is 5.91 Å². The van der Waals surface area contributed by atoms with Crippen LogP contribution in [0.15, 0.2) is 0 Å². The van der Waals surface area contributed by atoms with Gasteiger partial charge in [0.05, 0.1) is 5.60 Å². The molecule has 0 radical (unpaired) electrons. The summed E-state index contributed by atoms with van der Waals surface area (Å²) in [5.74, 6) is -2.39. The first-order valence-electron chi connectivity index (χ1n) is 7.38. The van der Waals surface area contributed by atoms with E-state index in [1.54, 1.807) is 39.5 Å². The third kappa shape index (κ3) is 5.28. The monoisotopic (exact) mass is 300 g/mol. The van der Waals surface area contributed by atoms with E-state index in [4.69, 9.17) is 0 Å². The van der Waals surface area contributed by atoms with Crippen molar-refractivity contribution in [3.05, 3.63) is 0 Å². The summed E-state index contributed by atoms with van der Waals surface area (Å²) in [4.78, 5) is 27.6. The summed E-state index contributed by atoms with van der Waals surface area (Å²) in [5.41, 5.74) is -1.37. The lowest BCUT2D eigenvalue weighted by atomic mass is 9.79. The molecule has 1 fully saturated rings. The maximum atomic E-state index is 12.5. The zero-order chi connectivity index (χ0) is 16.4. The smallest absolute Gasteiger partial charge is 0.316 e. The third-order valence-electron chi connectivity index (χ3n) is 3.65. The van der Waals surface area contributed by atoms with Crippen LogP contribution >= 0.6 is 0 Å². The molecule has 0 aromatic heterocycles. The maximum absolute atomic E-state index is 12.5. The average Bonchev–Trinajstić information content (AvgIpc) is 2.24. The van der Waals surface area contributed by atoms with Gasteiger partial charge < -0.3 is 15.1 Å². The molecule has 1 heterocycles. The van der Waals surface area contributed by atoms with E-state index in [9.17, 15) is 19.8 Å². The number of rotatable bonds is 4. The average molecular weight is 300 g/mol. The Labute approximate surface area is 126 Å². The van der Waals surface area contributed by atoms with Crippen LogP contribution in [0.1, 0.15) is 34.6 Å². The van der Waals surface area contributed by atoms with Gasteiger partial charge in [-0.15, -0.1) is 0 Å². The standard InChI is InChI=1S/C15H28N2O4/c1-14(2,3)11(13(19)20)12(18)17-8-6-16(7-9-17)10-15(4,5)21/h11,21H,6-10H2,1-5H3,(H,19,20). The molecule has 1 atom stereocenters. The molecular weight excluding hydrogens is 272 g/mol. The molecule has 0 aliphatic carbocycles. The molecule has 0 aromatic rings. The highest BCUT2D eigenvalue weighted by Gasteiger charge is 2.40. The van der Waals surface area contributed by atoms with E-state index in [2.05, 4.69) is 4.90 Å². The van der Waals surface area contributed by atoms with Crippen LogP contribution in [0.3, 0.4) is 0 Å². The van der Waals surface area contributed by atoms with E-state index >= 15 is 0 Å². The lowest BCUT2D eigenvalue weighted by molar-refractivity contribution is -0.157. The number of aliphatic carboxylic acids is 1. The number of β-amino-alcohol motifs (C(OH)–C–C–N with tert-alkyl or cyclic N) is 1. The molecule has 0 bridgehead atoms. The first kappa shape index (κ1) is 17.9. The topological polar surface area (TPSA) is 81.1 Å². The molecule has 0 aromatic carbocycles. The van der Waals surface area contributed by atoms with Crippen molar-refractivity contribution in [3.8, 4) is 0 Å². The zero-order valence-electron chi connectivity index (χ0n) is 13.7. The number of carbonyl (C=O) groups is 2. The summed E-state index contributed by atoms with van der Waals surface area (Å²) < 4.78 is 0. The second-order valence-electron chi connectivity index (χ2n) is 7.55. The Hall–Kier alpha value is -1.14. The van der Waals surface area contributed by atoms with Crippen molar-refractivity contribution < 1.29 is 19.8 Å². The van der Waals surface area contributed by atoms with E-state index in [1.807, 2.05) is 0 Å². The predicted octanol–water partition coefficient (Wildman–Crippen LogP) is 0.648. The number of aliphatic hydroxyl groups is 1. The van der Waals surface area contributed by atoms with Crippen molar-refractivity contribution in [1.29, 1.82) is 0 Å². The molecule has 2 N–H and O–H groups in total.